The predicted octanol–water partition coefficient (Wildman–Crippen LogP) is 2.84. The summed E-state index contributed by atoms with van der Waals surface area (Å²) >= 11 is 5.57. The van der Waals surface area contributed by atoms with Gasteiger partial charge in [-0.1, -0.05) is 30.3 Å². The number of likely N-dealkylation sites (tertiary alicyclic amines) is 1. The number of amides is 1. The van der Waals surface area contributed by atoms with Crippen LogP contribution in [0.25, 0.3) is 0 Å². The van der Waals surface area contributed by atoms with Crippen LogP contribution in [0.4, 0.5) is 4.79 Å². The van der Waals surface area contributed by atoms with Crippen LogP contribution in [0.1, 0.15) is 18.4 Å². The number of halogens is 1. The van der Waals surface area contributed by atoms with Crippen molar-refractivity contribution in [1.29, 1.82) is 0 Å². The molecule has 20 heavy (non-hydrogen) atoms. The number of Topliss-reactive ketones (excluding diaryl/α,β-unsaturated/α-hetero) is 1. The second-order valence-electron chi connectivity index (χ2n) is 4.93. The van der Waals surface area contributed by atoms with Crippen LogP contribution in [0.3, 0.4) is 0 Å². The molecule has 1 fully saturated rings. The Hall–Kier alpha value is -1.55. The summed E-state index contributed by atoms with van der Waals surface area (Å²) in [7, 11) is 0. The predicted molar refractivity (Wildman–Crippen MR) is 76.7 cm³/mol. The fourth-order valence-electron chi connectivity index (χ4n) is 2.33. The lowest BCUT2D eigenvalue weighted by Crippen LogP contribution is -2.42. The van der Waals surface area contributed by atoms with Crippen molar-refractivity contribution in [3.63, 3.8) is 0 Å². The Labute approximate surface area is 123 Å². The number of alkyl halides is 1. The Morgan fingerprint density at radius 1 is 1.30 bits per heavy atom. The number of benzene rings is 1. The highest BCUT2D eigenvalue weighted by molar-refractivity contribution is 6.27. The SMILES string of the molecule is O=C(CCl)[C@@H]1CCCN(C(=O)OCc2ccccc2)C1. The molecule has 5 heteroatoms. The van der Waals surface area contributed by atoms with E-state index >= 15 is 0 Å². The van der Waals surface area contributed by atoms with Crippen LogP contribution in [0.2, 0.25) is 0 Å². The monoisotopic (exact) mass is 295 g/mol. The average molecular weight is 296 g/mol. The van der Waals surface area contributed by atoms with Crippen LogP contribution in [0.5, 0.6) is 0 Å². The van der Waals surface area contributed by atoms with E-state index in [4.69, 9.17) is 16.3 Å². The molecule has 1 aliphatic heterocycles. The smallest absolute Gasteiger partial charge is 0.410 e. The van der Waals surface area contributed by atoms with Crippen molar-refractivity contribution >= 4 is 23.5 Å². The minimum absolute atomic E-state index is 0.00669. The maximum absolute atomic E-state index is 12.0. The summed E-state index contributed by atoms with van der Waals surface area (Å²) in [5, 5.41) is 0. The number of carbonyl (C=O) groups is 2. The zero-order valence-corrected chi connectivity index (χ0v) is 12.0. The molecule has 1 aromatic carbocycles. The second kappa shape index (κ2) is 7.29. The molecule has 4 nitrogen and oxygen atoms in total. The van der Waals surface area contributed by atoms with E-state index in [0.29, 0.717) is 13.1 Å². The van der Waals surface area contributed by atoms with Gasteiger partial charge in [0.05, 0.1) is 5.88 Å². The first-order valence-corrected chi connectivity index (χ1v) is 7.28. The molecule has 108 valence electrons. The molecular formula is C15H18ClNO3. The molecule has 0 N–H and O–H groups in total. The summed E-state index contributed by atoms with van der Waals surface area (Å²) in [5.74, 6) is -0.129. The van der Waals surface area contributed by atoms with Crippen molar-refractivity contribution in [1.82, 2.24) is 4.90 Å². The van der Waals surface area contributed by atoms with Crippen LogP contribution >= 0.6 is 11.6 Å². The van der Waals surface area contributed by atoms with Crippen LogP contribution in [0.15, 0.2) is 30.3 Å². The van der Waals surface area contributed by atoms with Gasteiger partial charge in [0.2, 0.25) is 0 Å². The van der Waals surface area contributed by atoms with E-state index in [0.717, 1.165) is 18.4 Å². The normalized spacial score (nSPS) is 18.6. The molecule has 1 aromatic rings. The molecule has 0 unspecified atom stereocenters. The van der Waals surface area contributed by atoms with Gasteiger partial charge in [-0.05, 0) is 18.4 Å². The summed E-state index contributed by atoms with van der Waals surface area (Å²) in [5.41, 5.74) is 0.950. The number of nitrogens with zero attached hydrogens (tertiary/aromatic N) is 1. The Bertz CT molecular complexity index is 463. The molecule has 1 amide bonds. The molecule has 1 aliphatic rings. The quantitative estimate of drug-likeness (QED) is 0.803. The molecule has 2 rings (SSSR count). The largest absolute Gasteiger partial charge is 0.445 e. The zero-order valence-electron chi connectivity index (χ0n) is 11.3. The van der Waals surface area contributed by atoms with E-state index in [1.54, 1.807) is 4.90 Å². The lowest BCUT2D eigenvalue weighted by atomic mass is 9.95. The van der Waals surface area contributed by atoms with Crippen LogP contribution in [-0.2, 0) is 16.1 Å². The molecule has 0 aliphatic carbocycles. The van der Waals surface area contributed by atoms with Crippen LogP contribution < -0.4 is 0 Å². The van der Waals surface area contributed by atoms with E-state index in [2.05, 4.69) is 0 Å². The molecule has 0 aromatic heterocycles. The van der Waals surface area contributed by atoms with Gasteiger partial charge < -0.3 is 9.64 Å². The van der Waals surface area contributed by atoms with Crippen molar-refractivity contribution in [2.75, 3.05) is 19.0 Å². The molecule has 0 radical (unpaired) electrons. The van der Waals surface area contributed by atoms with Gasteiger partial charge in [0.15, 0.2) is 5.78 Å². The third-order valence-corrected chi connectivity index (χ3v) is 3.74. The van der Waals surface area contributed by atoms with Gasteiger partial charge in [-0.2, -0.15) is 0 Å². The molecule has 0 spiro atoms. The Morgan fingerprint density at radius 2 is 2.05 bits per heavy atom. The van der Waals surface area contributed by atoms with Gasteiger partial charge in [0, 0.05) is 19.0 Å². The summed E-state index contributed by atoms with van der Waals surface area (Å²) in [6, 6.07) is 9.53. The average Bonchev–Trinajstić information content (AvgIpc) is 2.53. The lowest BCUT2D eigenvalue weighted by Gasteiger charge is -2.30. The van der Waals surface area contributed by atoms with E-state index in [-0.39, 0.29) is 30.3 Å². The van der Waals surface area contributed by atoms with Crippen molar-refractivity contribution in [2.24, 2.45) is 5.92 Å². The van der Waals surface area contributed by atoms with E-state index < -0.39 is 0 Å². The molecular weight excluding hydrogens is 278 g/mol. The standard InChI is InChI=1S/C15H18ClNO3/c16-9-14(18)13-7-4-8-17(10-13)15(19)20-11-12-5-2-1-3-6-12/h1-3,5-6,13H,4,7-11H2/t13-/m1/s1. The van der Waals surface area contributed by atoms with Crippen molar-refractivity contribution in [3.8, 4) is 0 Å². The number of hydrogen-bond acceptors (Lipinski definition) is 3. The molecule has 1 saturated heterocycles. The number of ether oxygens (including phenoxy) is 1. The zero-order chi connectivity index (χ0) is 14.4. The number of hydrogen-bond donors (Lipinski definition) is 0. The van der Waals surface area contributed by atoms with Gasteiger partial charge in [-0.3, -0.25) is 4.79 Å². The first-order chi connectivity index (χ1) is 9.70. The number of ketones is 1. The van der Waals surface area contributed by atoms with Gasteiger partial charge in [0.25, 0.3) is 0 Å². The topological polar surface area (TPSA) is 46.6 Å². The highest BCUT2D eigenvalue weighted by atomic mass is 35.5. The maximum atomic E-state index is 12.0. The summed E-state index contributed by atoms with van der Waals surface area (Å²) < 4.78 is 5.27. The van der Waals surface area contributed by atoms with Crippen LogP contribution in [0, 0.1) is 5.92 Å². The van der Waals surface area contributed by atoms with E-state index in [9.17, 15) is 9.59 Å². The number of rotatable bonds is 4. The fraction of sp³-hybridized carbons (Fsp3) is 0.467. The van der Waals surface area contributed by atoms with E-state index in [1.165, 1.54) is 0 Å². The summed E-state index contributed by atoms with van der Waals surface area (Å²) in [4.78, 5) is 25.2. The Kier molecular flexibility index (Phi) is 5.41. The third-order valence-electron chi connectivity index (χ3n) is 3.47. The fourth-order valence-corrected chi connectivity index (χ4v) is 2.54. The lowest BCUT2D eigenvalue weighted by molar-refractivity contribution is -0.121. The highest BCUT2D eigenvalue weighted by Crippen LogP contribution is 2.19. The molecule has 0 saturated carbocycles. The van der Waals surface area contributed by atoms with Gasteiger partial charge in [0.1, 0.15) is 6.61 Å². The second-order valence-corrected chi connectivity index (χ2v) is 5.19. The molecule has 1 heterocycles. The highest BCUT2D eigenvalue weighted by Gasteiger charge is 2.28. The van der Waals surface area contributed by atoms with Crippen molar-refractivity contribution in [2.45, 2.75) is 19.4 Å². The number of carbonyl (C=O) groups excluding carboxylic acids is 2. The van der Waals surface area contributed by atoms with Crippen LogP contribution in [-0.4, -0.2) is 35.7 Å². The Balaban J connectivity index is 1.84. The first-order valence-electron chi connectivity index (χ1n) is 6.75. The van der Waals surface area contributed by atoms with Crippen molar-refractivity contribution < 1.29 is 14.3 Å². The maximum Gasteiger partial charge on any atom is 0.410 e. The van der Waals surface area contributed by atoms with Gasteiger partial charge >= 0.3 is 6.09 Å². The minimum atomic E-state index is -0.360. The molecule has 0 bridgehead atoms. The third kappa shape index (κ3) is 3.97. The summed E-state index contributed by atoms with van der Waals surface area (Å²) in [6.07, 6.45) is 1.25. The van der Waals surface area contributed by atoms with E-state index in [1.807, 2.05) is 30.3 Å². The molecule has 1 atom stereocenters. The summed E-state index contributed by atoms with van der Waals surface area (Å²) in [6.45, 7) is 1.31. The number of piperidine rings is 1. The van der Waals surface area contributed by atoms with Gasteiger partial charge in [-0.25, -0.2) is 4.79 Å². The minimum Gasteiger partial charge on any atom is -0.445 e. The van der Waals surface area contributed by atoms with Gasteiger partial charge in [-0.15, -0.1) is 11.6 Å². The Morgan fingerprint density at radius 3 is 2.75 bits per heavy atom. The first kappa shape index (κ1) is 14.9. The van der Waals surface area contributed by atoms with Crippen molar-refractivity contribution in [3.05, 3.63) is 35.9 Å².